The molecule has 5 rings (SSSR count). The number of para-hydroxylation sites is 1. The Morgan fingerprint density at radius 1 is 0.738 bits per heavy atom. The van der Waals surface area contributed by atoms with Gasteiger partial charge in [0.2, 0.25) is 0 Å². The number of aromatic amines is 1. The lowest BCUT2D eigenvalue weighted by molar-refractivity contribution is 0.411. The summed E-state index contributed by atoms with van der Waals surface area (Å²) in [5, 5.41) is 2.50. The van der Waals surface area contributed by atoms with Crippen LogP contribution in [0, 0.1) is 6.92 Å². The van der Waals surface area contributed by atoms with E-state index in [1.54, 1.807) is 7.11 Å². The molecular formula is C37H50N4O. The van der Waals surface area contributed by atoms with Gasteiger partial charge in [0.05, 0.1) is 7.11 Å². The summed E-state index contributed by atoms with van der Waals surface area (Å²) in [6.45, 7) is 10.9. The summed E-state index contributed by atoms with van der Waals surface area (Å²) in [5.74, 6) is 3.72. The average Bonchev–Trinajstić information content (AvgIpc) is 3.38. The molecule has 0 bridgehead atoms. The van der Waals surface area contributed by atoms with E-state index in [-0.39, 0.29) is 13.3 Å². The Kier molecular flexibility index (Phi) is 12.5. The lowest BCUT2D eigenvalue weighted by atomic mass is 9.98. The number of aryl methyl sites for hydroxylation is 4. The van der Waals surface area contributed by atoms with Crippen LogP contribution in [0.5, 0.6) is 5.75 Å². The van der Waals surface area contributed by atoms with Crippen LogP contribution >= 0.6 is 0 Å². The first-order valence-corrected chi connectivity index (χ1v) is 15.3. The van der Waals surface area contributed by atoms with E-state index in [0.717, 1.165) is 67.3 Å². The third-order valence-corrected chi connectivity index (χ3v) is 7.74. The second-order valence-corrected chi connectivity index (χ2v) is 11.0. The second-order valence-electron chi connectivity index (χ2n) is 11.0. The van der Waals surface area contributed by atoms with Crippen molar-refractivity contribution >= 4 is 21.8 Å². The Morgan fingerprint density at radius 3 is 2.10 bits per heavy atom. The van der Waals surface area contributed by atoms with Gasteiger partial charge < -0.3 is 9.72 Å². The molecule has 1 N–H and O–H groups in total. The number of fused-ring (bicyclic) bond motifs is 3. The molecule has 0 saturated carbocycles. The van der Waals surface area contributed by atoms with E-state index >= 15 is 0 Å². The summed E-state index contributed by atoms with van der Waals surface area (Å²) in [5.41, 5.74) is 6.04. The van der Waals surface area contributed by atoms with Gasteiger partial charge in [0, 0.05) is 40.6 Å². The predicted octanol–water partition coefficient (Wildman–Crippen LogP) is 9.94. The van der Waals surface area contributed by atoms with Crippen LogP contribution in [-0.2, 0) is 19.3 Å². The van der Waals surface area contributed by atoms with Crippen molar-refractivity contribution in [1.29, 1.82) is 0 Å². The van der Waals surface area contributed by atoms with Crippen molar-refractivity contribution in [2.75, 3.05) is 7.11 Å². The van der Waals surface area contributed by atoms with Crippen LogP contribution in [0.3, 0.4) is 0 Å². The smallest absolute Gasteiger partial charge is 0.139 e. The van der Waals surface area contributed by atoms with E-state index in [0.29, 0.717) is 0 Å². The maximum atomic E-state index is 5.40. The van der Waals surface area contributed by atoms with Crippen LogP contribution in [0.15, 0.2) is 60.7 Å². The number of benzene rings is 3. The van der Waals surface area contributed by atoms with Crippen LogP contribution in [0.25, 0.3) is 21.8 Å². The van der Waals surface area contributed by atoms with Crippen LogP contribution in [0.1, 0.15) is 107 Å². The predicted molar refractivity (Wildman–Crippen MR) is 179 cm³/mol. The minimum absolute atomic E-state index is 0. The number of aromatic nitrogens is 4. The third kappa shape index (κ3) is 8.18. The zero-order valence-electron chi connectivity index (χ0n) is 25.8. The van der Waals surface area contributed by atoms with Gasteiger partial charge in [0.25, 0.3) is 0 Å². The first-order chi connectivity index (χ1) is 20.0. The molecule has 0 radical (unpaired) electrons. The topological polar surface area (TPSA) is 63.7 Å². The van der Waals surface area contributed by atoms with E-state index in [1.807, 2.05) is 0 Å². The van der Waals surface area contributed by atoms with Gasteiger partial charge in [-0.25, -0.2) is 15.0 Å². The number of methoxy groups -OCH3 is 1. The van der Waals surface area contributed by atoms with Crippen LogP contribution in [-0.4, -0.2) is 27.0 Å². The van der Waals surface area contributed by atoms with Crippen LogP contribution in [0.4, 0.5) is 0 Å². The van der Waals surface area contributed by atoms with Crippen LogP contribution < -0.4 is 4.74 Å². The van der Waals surface area contributed by atoms with E-state index in [4.69, 9.17) is 19.7 Å². The van der Waals surface area contributed by atoms with Gasteiger partial charge in [-0.1, -0.05) is 90.8 Å². The summed E-state index contributed by atoms with van der Waals surface area (Å²) in [6.07, 6.45) is 8.57. The first-order valence-electron chi connectivity index (χ1n) is 15.3. The van der Waals surface area contributed by atoms with Gasteiger partial charge >= 0.3 is 0 Å². The molecule has 0 fully saturated rings. The molecule has 0 aliphatic carbocycles. The number of hydrogen-bond acceptors (Lipinski definition) is 4. The Bertz CT molecular complexity index is 1550. The molecular weight excluding hydrogens is 516 g/mol. The quantitative estimate of drug-likeness (QED) is 0.173. The van der Waals surface area contributed by atoms with Gasteiger partial charge in [-0.15, -0.1) is 0 Å². The number of nitrogens with zero attached hydrogens (tertiary/aromatic N) is 3. The molecule has 0 spiro atoms. The maximum Gasteiger partial charge on any atom is 0.139 e. The van der Waals surface area contributed by atoms with Gasteiger partial charge in [0.15, 0.2) is 0 Å². The highest BCUT2D eigenvalue weighted by molar-refractivity contribution is 6.07. The number of unbranched alkanes of at least 4 members (excludes halogenated alkanes) is 2. The Morgan fingerprint density at radius 2 is 1.43 bits per heavy atom. The molecule has 3 aromatic carbocycles. The number of rotatable bonds is 11. The van der Waals surface area contributed by atoms with Crippen molar-refractivity contribution in [2.45, 2.75) is 99.3 Å². The molecule has 0 aliphatic rings. The summed E-state index contributed by atoms with van der Waals surface area (Å²) in [4.78, 5) is 18.3. The Labute approximate surface area is 253 Å². The van der Waals surface area contributed by atoms with Crippen LogP contribution in [0.2, 0.25) is 0 Å². The normalized spacial score (nSPS) is 11.6. The fraction of sp³-hybridized carbons (Fsp3) is 0.432. The lowest BCUT2D eigenvalue weighted by Crippen LogP contribution is -2.11. The van der Waals surface area contributed by atoms with Crippen molar-refractivity contribution in [3.05, 3.63) is 94.8 Å². The van der Waals surface area contributed by atoms with E-state index < -0.39 is 0 Å². The molecule has 1 atom stereocenters. The number of hydrogen-bond donors (Lipinski definition) is 1. The molecule has 5 aromatic rings. The molecule has 5 nitrogen and oxygen atoms in total. The summed E-state index contributed by atoms with van der Waals surface area (Å²) in [6, 6.07) is 21.6. The monoisotopic (exact) mass is 566 g/mol. The molecule has 42 heavy (non-hydrogen) atoms. The minimum Gasteiger partial charge on any atom is -0.496 e. The van der Waals surface area contributed by atoms with Gasteiger partial charge in [-0.2, -0.15) is 0 Å². The molecule has 2 aromatic heterocycles. The molecule has 1 unspecified atom stereocenters. The maximum absolute atomic E-state index is 5.40. The lowest BCUT2D eigenvalue weighted by Gasteiger charge is -2.14. The molecule has 0 saturated heterocycles. The first kappa shape index (κ1) is 32.8. The van der Waals surface area contributed by atoms with Crippen molar-refractivity contribution < 1.29 is 4.74 Å². The second kappa shape index (κ2) is 16.1. The van der Waals surface area contributed by atoms with E-state index in [1.165, 1.54) is 45.8 Å². The molecule has 5 heteroatoms. The summed E-state index contributed by atoms with van der Waals surface area (Å²) >= 11 is 0. The highest BCUT2D eigenvalue weighted by Gasteiger charge is 2.17. The zero-order valence-corrected chi connectivity index (χ0v) is 25.8. The highest BCUT2D eigenvalue weighted by atomic mass is 16.5. The minimum atomic E-state index is 0. The SMILES string of the molecule is C.CCCC.CCCCc1nc(CCCc2ccc(OC)c(C)c2)nc(C(C)c2ccc3[nH]c4ccccc4c3c2)n1. The number of ether oxygens (including phenoxy) is 1. The fourth-order valence-electron chi connectivity index (χ4n) is 5.07. The largest absolute Gasteiger partial charge is 0.496 e. The Balaban J connectivity index is 0.000000911. The summed E-state index contributed by atoms with van der Waals surface area (Å²) in [7, 11) is 1.72. The number of H-pyrrole nitrogens is 1. The van der Waals surface area contributed by atoms with Crippen molar-refractivity contribution in [3.63, 3.8) is 0 Å². The third-order valence-electron chi connectivity index (χ3n) is 7.74. The van der Waals surface area contributed by atoms with Gasteiger partial charge in [0.1, 0.15) is 23.2 Å². The zero-order chi connectivity index (χ0) is 29.2. The van der Waals surface area contributed by atoms with Crippen molar-refractivity contribution in [1.82, 2.24) is 19.9 Å². The Hall–Kier alpha value is -3.73. The fourth-order valence-corrected chi connectivity index (χ4v) is 5.07. The number of nitrogens with one attached hydrogen (secondary N) is 1. The summed E-state index contributed by atoms with van der Waals surface area (Å²) < 4.78 is 5.40. The molecule has 224 valence electrons. The van der Waals surface area contributed by atoms with Crippen molar-refractivity contribution in [2.24, 2.45) is 0 Å². The molecule has 0 aliphatic heterocycles. The molecule has 0 amide bonds. The van der Waals surface area contributed by atoms with Gasteiger partial charge in [-0.3, -0.25) is 0 Å². The van der Waals surface area contributed by atoms with Gasteiger partial charge in [-0.05, 0) is 67.1 Å². The van der Waals surface area contributed by atoms with E-state index in [9.17, 15) is 0 Å². The van der Waals surface area contributed by atoms with Crippen molar-refractivity contribution in [3.8, 4) is 5.75 Å². The molecule has 2 heterocycles. The van der Waals surface area contributed by atoms with E-state index in [2.05, 4.69) is 100 Å². The highest BCUT2D eigenvalue weighted by Crippen LogP contribution is 2.30. The standard InChI is InChI=1S/C32H36N4O.C4H10.CH4/c1-5-6-13-30-34-31(14-9-10-23-15-18-29(37-4)21(2)19-23)36-32(35-30)22(3)24-16-17-28-26(20-24)25-11-7-8-12-27(25)33-28;1-3-4-2;/h7-8,11-12,15-20,22,33H,5-6,9-10,13-14H2,1-4H3;3-4H2,1-2H3;1H4. The average molecular weight is 567 g/mol.